The summed E-state index contributed by atoms with van der Waals surface area (Å²) in [6, 6.07) is 21.3. The van der Waals surface area contributed by atoms with E-state index in [0.29, 0.717) is 22.1 Å². The Morgan fingerprint density at radius 2 is 1.57 bits per heavy atom. The molecular formula is C20H11NO2. The van der Waals surface area contributed by atoms with Crippen LogP contribution in [0.5, 0.6) is 0 Å². The van der Waals surface area contributed by atoms with Crippen LogP contribution in [0.3, 0.4) is 0 Å². The number of rotatable bonds is 0. The van der Waals surface area contributed by atoms with E-state index in [2.05, 4.69) is 4.98 Å². The molecule has 0 radical (unpaired) electrons. The van der Waals surface area contributed by atoms with Gasteiger partial charge in [-0.1, -0.05) is 48.5 Å². The molecule has 5 aromatic rings. The largest absolute Gasteiger partial charge is 0.437 e. The van der Waals surface area contributed by atoms with Crippen LogP contribution in [0.1, 0.15) is 0 Å². The maximum atomic E-state index is 13.0. The van der Waals surface area contributed by atoms with E-state index in [-0.39, 0.29) is 5.43 Å². The van der Waals surface area contributed by atoms with E-state index in [9.17, 15) is 4.79 Å². The molecule has 0 aliphatic heterocycles. The van der Waals surface area contributed by atoms with Gasteiger partial charge in [-0.15, -0.1) is 0 Å². The molecule has 2 aromatic heterocycles. The molecule has 0 unspecified atom stereocenters. The second kappa shape index (κ2) is 4.40. The number of pyridine rings is 1. The highest BCUT2D eigenvalue weighted by atomic mass is 16.3. The van der Waals surface area contributed by atoms with Crippen molar-refractivity contribution in [3.05, 3.63) is 77.0 Å². The summed E-state index contributed by atoms with van der Waals surface area (Å²) in [4.78, 5) is 17.5. The van der Waals surface area contributed by atoms with Crippen LogP contribution in [-0.4, -0.2) is 4.98 Å². The van der Waals surface area contributed by atoms with Crippen LogP contribution >= 0.6 is 0 Å². The lowest BCUT2D eigenvalue weighted by Gasteiger charge is -2.05. The summed E-state index contributed by atoms with van der Waals surface area (Å²) in [6.07, 6.45) is 0. The minimum absolute atomic E-state index is 0.0312. The van der Waals surface area contributed by atoms with Crippen molar-refractivity contribution in [2.45, 2.75) is 0 Å². The van der Waals surface area contributed by atoms with Gasteiger partial charge >= 0.3 is 0 Å². The van der Waals surface area contributed by atoms with Crippen LogP contribution in [-0.2, 0) is 0 Å². The number of fused-ring (bicyclic) bond motifs is 5. The molecule has 3 heteroatoms. The fourth-order valence-electron chi connectivity index (χ4n) is 3.15. The summed E-state index contributed by atoms with van der Waals surface area (Å²) in [5, 5.41) is 4.02. The van der Waals surface area contributed by atoms with Crippen LogP contribution in [0.15, 0.2) is 75.9 Å². The predicted molar refractivity (Wildman–Crippen MR) is 92.8 cm³/mol. The lowest BCUT2D eigenvalue weighted by Crippen LogP contribution is -2.04. The van der Waals surface area contributed by atoms with Crippen LogP contribution in [0, 0.1) is 0 Å². The number of hydrogen-bond acceptors (Lipinski definition) is 3. The number of nitrogens with zero attached hydrogens (tertiary/aromatic N) is 1. The topological polar surface area (TPSA) is 43.1 Å². The minimum atomic E-state index is -0.0312. The molecule has 5 rings (SSSR count). The Bertz CT molecular complexity index is 1280. The van der Waals surface area contributed by atoms with Crippen molar-refractivity contribution in [2.75, 3.05) is 0 Å². The van der Waals surface area contributed by atoms with Crippen molar-refractivity contribution >= 4 is 43.7 Å². The zero-order chi connectivity index (χ0) is 15.4. The van der Waals surface area contributed by atoms with Crippen LogP contribution in [0.4, 0.5) is 0 Å². The Hall–Kier alpha value is -3.20. The van der Waals surface area contributed by atoms with E-state index in [4.69, 9.17) is 4.42 Å². The SMILES string of the molecule is O=c1c2cc3ccccc3nc2oc2ccc3ccccc3c12. The first-order valence-electron chi connectivity index (χ1n) is 7.45. The molecule has 0 saturated heterocycles. The normalized spacial score (nSPS) is 11.7. The van der Waals surface area contributed by atoms with E-state index in [1.807, 2.05) is 66.7 Å². The molecule has 0 spiro atoms. The second-order valence-electron chi connectivity index (χ2n) is 5.62. The Morgan fingerprint density at radius 3 is 2.48 bits per heavy atom. The Kier molecular flexibility index (Phi) is 2.36. The zero-order valence-corrected chi connectivity index (χ0v) is 12.1. The standard InChI is InChI=1S/C20H11NO2/c22-19-15-11-13-6-2-4-8-16(13)21-20(15)23-17-10-9-12-5-1-3-7-14(12)18(17)19/h1-11H. The van der Waals surface area contributed by atoms with Crippen molar-refractivity contribution in [3.63, 3.8) is 0 Å². The van der Waals surface area contributed by atoms with Gasteiger partial charge in [0.2, 0.25) is 11.1 Å². The van der Waals surface area contributed by atoms with Gasteiger partial charge in [0.15, 0.2) is 0 Å². The quantitative estimate of drug-likeness (QED) is 0.309. The molecule has 0 amide bonds. The highest BCUT2D eigenvalue weighted by molar-refractivity contribution is 6.08. The fraction of sp³-hybridized carbons (Fsp3) is 0. The van der Waals surface area contributed by atoms with Gasteiger partial charge in [0.1, 0.15) is 5.58 Å². The third kappa shape index (κ3) is 1.70. The van der Waals surface area contributed by atoms with Gasteiger partial charge in [-0.3, -0.25) is 4.79 Å². The maximum Gasteiger partial charge on any atom is 0.231 e. The molecule has 0 N–H and O–H groups in total. The van der Waals surface area contributed by atoms with Gasteiger partial charge in [-0.2, -0.15) is 0 Å². The van der Waals surface area contributed by atoms with Crippen molar-refractivity contribution in [1.29, 1.82) is 0 Å². The molecule has 0 bridgehead atoms. The molecule has 23 heavy (non-hydrogen) atoms. The third-order valence-electron chi connectivity index (χ3n) is 4.26. The first kappa shape index (κ1) is 12.4. The highest BCUT2D eigenvalue weighted by Gasteiger charge is 2.12. The minimum Gasteiger partial charge on any atom is -0.437 e. The molecule has 3 nitrogen and oxygen atoms in total. The number of para-hydroxylation sites is 1. The highest BCUT2D eigenvalue weighted by Crippen LogP contribution is 2.26. The van der Waals surface area contributed by atoms with Crippen molar-refractivity contribution < 1.29 is 4.42 Å². The summed E-state index contributed by atoms with van der Waals surface area (Å²) < 4.78 is 5.93. The molecule has 108 valence electrons. The summed E-state index contributed by atoms with van der Waals surface area (Å²) in [5.41, 5.74) is 1.75. The maximum absolute atomic E-state index is 13.0. The monoisotopic (exact) mass is 297 g/mol. The summed E-state index contributed by atoms with van der Waals surface area (Å²) >= 11 is 0. The van der Waals surface area contributed by atoms with Crippen molar-refractivity contribution in [2.24, 2.45) is 0 Å². The molecule has 2 heterocycles. The Balaban J connectivity index is 2.07. The van der Waals surface area contributed by atoms with Crippen LogP contribution in [0.2, 0.25) is 0 Å². The molecule has 0 aliphatic carbocycles. The van der Waals surface area contributed by atoms with Crippen molar-refractivity contribution in [3.8, 4) is 0 Å². The van der Waals surface area contributed by atoms with Crippen LogP contribution in [0.25, 0.3) is 43.7 Å². The molecule has 0 fully saturated rings. The average molecular weight is 297 g/mol. The number of benzene rings is 3. The predicted octanol–water partition coefficient (Wildman–Crippen LogP) is 4.65. The Labute approximate surface area is 130 Å². The third-order valence-corrected chi connectivity index (χ3v) is 4.26. The first-order chi connectivity index (χ1) is 11.3. The zero-order valence-electron chi connectivity index (χ0n) is 12.1. The first-order valence-corrected chi connectivity index (χ1v) is 7.45. The lowest BCUT2D eigenvalue weighted by molar-refractivity contribution is 0.647. The van der Waals surface area contributed by atoms with Gasteiger partial charge < -0.3 is 4.42 Å². The van der Waals surface area contributed by atoms with E-state index < -0.39 is 0 Å². The van der Waals surface area contributed by atoms with Crippen molar-refractivity contribution in [1.82, 2.24) is 4.98 Å². The molecule has 0 atom stereocenters. The summed E-state index contributed by atoms with van der Waals surface area (Å²) in [7, 11) is 0. The lowest BCUT2D eigenvalue weighted by atomic mass is 10.0. The number of hydrogen-bond donors (Lipinski definition) is 0. The van der Waals surface area contributed by atoms with E-state index in [1.165, 1.54) is 0 Å². The number of aromatic nitrogens is 1. The smallest absolute Gasteiger partial charge is 0.231 e. The van der Waals surface area contributed by atoms with E-state index >= 15 is 0 Å². The molecular weight excluding hydrogens is 286 g/mol. The van der Waals surface area contributed by atoms with Gasteiger partial charge in [0.05, 0.1) is 16.3 Å². The van der Waals surface area contributed by atoms with E-state index in [0.717, 1.165) is 21.7 Å². The second-order valence-corrected chi connectivity index (χ2v) is 5.62. The van der Waals surface area contributed by atoms with Gasteiger partial charge in [0.25, 0.3) is 0 Å². The summed E-state index contributed by atoms with van der Waals surface area (Å²) in [6.45, 7) is 0. The fourth-order valence-corrected chi connectivity index (χ4v) is 3.15. The van der Waals surface area contributed by atoms with Crippen LogP contribution < -0.4 is 5.43 Å². The summed E-state index contributed by atoms with van der Waals surface area (Å²) in [5.74, 6) is 0. The van der Waals surface area contributed by atoms with Gasteiger partial charge in [0, 0.05) is 5.39 Å². The van der Waals surface area contributed by atoms with Gasteiger partial charge in [-0.05, 0) is 29.0 Å². The van der Waals surface area contributed by atoms with Gasteiger partial charge in [-0.25, -0.2) is 4.98 Å². The molecule has 0 aliphatic rings. The molecule has 3 aromatic carbocycles. The Morgan fingerprint density at radius 1 is 0.783 bits per heavy atom. The average Bonchev–Trinajstić information content (AvgIpc) is 2.60. The molecule has 0 saturated carbocycles. The van der Waals surface area contributed by atoms with E-state index in [1.54, 1.807) is 0 Å².